The molecule has 5 heteroatoms. The van der Waals surface area contributed by atoms with Crippen molar-refractivity contribution >= 4 is 11.8 Å². The maximum Gasteiger partial charge on any atom is 0.411 e. The van der Waals surface area contributed by atoms with Gasteiger partial charge in [-0.2, -0.15) is 5.26 Å². The van der Waals surface area contributed by atoms with Crippen LogP contribution in [-0.2, 0) is 4.74 Å². The van der Waals surface area contributed by atoms with Crippen LogP contribution in [0, 0.1) is 23.1 Å². The monoisotopic (exact) mass is 236 g/mol. The van der Waals surface area contributed by atoms with Crippen molar-refractivity contribution in [2.24, 2.45) is 5.92 Å². The first kappa shape index (κ1) is 13.0. The quantitative estimate of drug-likeness (QED) is 0.877. The molecule has 0 unspecified atom stereocenters. The minimum absolute atomic E-state index is 0.119. The van der Waals surface area contributed by atoms with Crippen LogP contribution in [-0.4, -0.2) is 12.7 Å². The van der Waals surface area contributed by atoms with Crippen molar-refractivity contribution < 1.29 is 13.9 Å². The summed E-state index contributed by atoms with van der Waals surface area (Å²) < 4.78 is 17.9. The minimum atomic E-state index is -0.617. The van der Waals surface area contributed by atoms with E-state index in [1.807, 2.05) is 13.8 Å². The van der Waals surface area contributed by atoms with Gasteiger partial charge in [0.05, 0.1) is 12.2 Å². The molecule has 0 aromatic heterocycles. The molecule has 0 fully saturated rings. The van der Waals surface area contributed by atoms with Gasteiger partial charge in [-0.05, 0) is 24.1 Å². The highest BCUT2D eigenvalue weighted by Gasteiger charge is 2.07. The van der Waals surface area contributed by atoms with E-state index in [9.17, 15) is 9.18 Å². The number of nitrogens with one attached hydrogen (secondary N) is 1. The molecule has 0 atom stereocenters. The van der Waals surface area contributed by atoms with E-state index in [1.165, 1.54) is 12.1 Å². The van der Waals surface area contributed by atoms with Crippen molar-refractivity contribution in [2.45, 2.75) is 13.8 Å². The van der Waals surface area contributed by atoms with Gasteiger partial charge in [-0.1, -0.05) is 13.8 Å². The fourth-order valence-electron chi connectivity index (χ4n) is 1.08. The number of ether oxygens (including phenoxy) is 1. The van der Waals surface area contributed by atoms with Crippen LogP contribution in [0.3, 0.4) is 0 Å². The SMILES string of the molecule is CC(C)COC(=O)Nc1ccc(F)c(C#N)c1. The Bertz CT molecular complexity index is 452. The third-order valence-electron chi connectivity index (χ3n) is 1.88. The highest BCUT2D eigenvalue weighted by molar-refractivity contribution is 5.84. The Hall–Kier alpha value is -2.09. The number of nitriles is 1. The van der Waals surface area contributed by atoms with Crippen LogP contribution in [0.25, 0.3) is 0 Å². The number of halogens is 1. The Morgan fingerprint density at radius 2 is 2.29 bits per heavy atom. The molecule has 0 aliphatic carbocycles. The zero-order valence-electron chi connectivity index (χ0n) is 9.66. The van der Waals surface area contributed by atoms with E-state index in [4.69, 9.17) is 10.00 Å². The Morgan fingerprint density at radius 1 is 1.59 bits per heavy atom. The van der Waals surface area contributed by atoms with Crippen LogP contribution in [0.2, 0.25) is 0 Å². The molecular formula is C12H13FN2O2. The van der Waals surface area contributed by atoms with Crippen LogP contribution in [0.1, 0.15) is 19.4 Å². The normalized spacial score (nSPS) is 9.82. The molecule has 1 aromatic rings. The van der Waals surface area contributed by atoms with Gasteiger partial charge in [-0.3, -0.25) is 5.32 Å². The van der Waals surface area contributed by atoms with Crippen molar-refractivity contribution in [1.82, 2.24) is 0 Å². The Kier molecular flexibility index (Phi) is 4.46. The molecule has 0 spiro atoms. The van der Waals surface area contributed by atoms with Gasteiger partial charge >= 0.3 is 6.09 Å². The van der Waals surface area contributed by atoms with Crippen molar-refractivity contribution in [2.75, 3.05) is 11.9 Å². The topological polar surface area (TPSA) is 62.1 Å². The minimum Gasteiger partial charge on any atom is -0.449 e. The molecule has 0 bridgehead atoms. The van der Waals surface area contributed by atoms with Crippen molar-refractivity contribution in [3.63, 3.8) is 0 Å². The number of carbonyl (C=O) groups excluding carboxylic acids is 1. The summed E-state index contributed by atoms with van der Waals surface area (Å²) in [4.78, 5) is 11.3. The molecule has 1 amide bonds. The lowest BCUT2D eigenvalue weighted by Crippen LogP contribution is -2.16. The number of rotatable bonds is 3. The molecule has 1 rings (SSSR count). The molecule has 0 saturated carbocycles. The lowest BCUT2D eigenvalue weighted by molar-refractivity contribution is 0.147. The lowest BCUT2D eigenvalue weighted by Gasteiger charge is -2.08. The number of nitrogens with zero attached hydrogens (tertiary/aromatic N) is 1. The van der Waals surface area contributed by atoms with Crippen LogP contribution in [0.5, 0.6) is 0 Å². The Balaban J connectivity index is 2.63. The summed E-state index contributed by atoms with van der Waals surface area (Å²) in [5, 5.41) is 11.0. The highest BCUT2D eigenvalue weighted by atomic mass is 19.1. The number of benzene rings is 1. The van der Waals surface area contributed by atoms with E-state index in [0.29, 0.717) is 12.3 Å². The molecule has 0 aliphatic rings. The first-order valence-electron chi connectivity index (χ1n) is 5.16. The predicted octanol–water partition coefficient (Wildman–Crippen LogP) is 2.90. The first-order chi connectivity index (χ1) is 8.02. The van der Waals surface area contributed by atoms with Gasteiger partial charge in [-0.25, -0.2) is 9.18 Å². The third-order valence-corrected chi connectivity index (χ3v) is 1.88. The number of hydrogen-bond acceptors (Lipinski definition) is 3. The second-order valence-corrected chi connectivity index (χ2v) is 3.92. The van der Waals surface area contributed by atoms with Crippen LogP contribution >= 0.6 is 0 Å². The van der Waals surface area contributed by atoms with E-state index in [2.05, 4.69) is 5.32 Å². The predicted molar refractivity (Wildman–Crippen MR) is 60.9 cm³/mol. The van der Waals surface area contributed by atoms with Gasteiger partial charge in [0.15, 0.2) is 0 Å². The molecular weight excluding hydrogens is 223 g/mol. The lowest BCUT2D eigenvalue weighted by atomic mass is 10.2. The zero-order valence-corrected chi connectivity index (χ0v) is 9.66. The van der Waals surface area contributed by atoms with Gasteiger partial charge in [0.25, 0.3) is 0 Å². The maximum atomic E-state index is 13.0. The van der Waals surface area contributed by atoms with Crippen LogP contribution < -0.4 is 5.32 Å². The Morgan fingerprint density at radius 3 is 2.88 bits per heavy atom. The summed E-state index contributed by atoms with van der Waals surface area (Å²) in [6.45, 7) is 4.13. The molecule has 17 heavy (non-hydrogen) atoms. The van der Waals surface area contributed by atoms with Gasteiger partial charge < -0.3 is 4.74 Å². The number of amides is 1. The van der Waals surface area contributed by atoms with E-state index < -0.39 is 11.9 Å². The first-order valence-corrected chi connectivity index (χ1v) is 5.16. The number of anilines is 1. The van der Waals surface area contributed by atoms with Crippen LogP contribution in [0.15, 0.2) is 18.2 Å². The van der Waals surface area contributed by atoms with Gasteiger partial charge in [-0.15, -0.1) is 0 Å². The summed E-state index contributed by atoms with van der Waals surface area (Å²) in [5.74, 6) is -0.378. The van der Waals surface area contributed by atoms with Crippen LogP contribution in [0.4, 0.5) is 14.9 Å². The maximum absolute atomic E-state index is 13.0. The fourth-order valence-corrected chi connectivity index (χ4v) is 1.08. The zero-order chi connectivity index (χ0) is 12.8. The van der Waals surface area contributed by atoms with Gasteiger partial charge in [0.1, 0.15) is 11.9 Å². The molecule has 1 aromatic carbocycles. The molecule has 1 N–H and O–H groups in total. The Labute approximate surface area is 99.0 Å². The second kappa shape index (κ2) is 5.85. The molecule has 0 heterocycles. The average molecular weight is 236 g/mol. The molecule has 4 nitrogen and oxygen atoms in total. The second-order valence-electron chi connectivity index (χ2n) is 3.92. The van der Waals surface area contributed by atoms with E-state index in [0.717, 1.165) is 6.07 Å². The summed E-state index contributed by atoms with van der Waals surface area (Å²) in [7, 11) is 0. The molecule has 0 saturated heterocycles. The van der Waals surface area contributed by atoms with Gasteiger partial charge in [0, 0.05) is 5.69 Å². The molecule has 0 aliphatic heterocycles. The average Bonchev–Trinajstić information content (AvgIpc) is 2.29. The largest absolute Gasteiger partial charge is 0.449 e. The third kappa shape index (κ3) is 4.11. The smallest absolute Gasteiger partial charge is 0.411 e. The summed E-state index contributed by atoms with van der Waals surface area (Å²) in [5.41, 5.74) is 0.211. The van der Waals surface area contributed by atoms with E-state index in [-0.39, 0.29) is 11.5 Å². The molecule has 0 radical (unpaired) electrons. The van der Waals surface area contributed by atoms with Crippen molar-refractivity contribution in [3.8, 4) is 6.07 Å². The summed E-state index contributed by atoms with van der Waals surface area (Å²) in [6, 6.07) is 5.44. The molecule has 90 valence electrons. The standard InChI is InChI=1S/C12H13FN2O2/c1-8(2)7-17-12(16)15-10-3-4-11(13)9(5-10)6-14/h3-5,8H,7H2,1-2H3,(H,15,16). The van der Waals surface area contributed by atoms with E-state index >= 15 is 0 Å². The number of hydrogen-bond donors (Lipinski definition) is 1. The van der Waals surface area contributed by atoms with Gasteiger partial charge in [0.2, 0.25) is 0 Å². The van der Waals surface area contributed by atoms with E-state index in [1.54, 1.807) is 6.07 Å². The summed E-state index contributed by atoms with van der Waals surface area (Å²) >= 11 is 0. The summed E-state index contributed by atoms with van der Waals surface area (Å²) in [6.07, 6.45) is -0.616. The fraction of sp³-hybridized carbons (Fsp3) is 0.333. The van der Waals surface area contributed by atoms with Crippen molar-refractivity contribution in [1.29, 1.82) is 5.26 Å². The highest BCUT2D eigenvalue weighted by Crippen LogP contribution is 2.14. The number of carbonyl (C=O) groups is 1. The van der Waals surface area contributed by atoms with Crippen molar-refractivity contribution in [3.05, 3.63) is 29.6 Å².